The second-order valence-corrected chi connectivity index (χ2v) is 21.4. The maximum absolute atomic E-state index is 12.0. The molecule has 25 heteroatoms. The highest BCUT2D eigenvalue weighted by molar-refractivity contribution is 9.10. The zero-order valence-electron chi connectivity index (χ0n) is 32.2. The molecule has 2 heterocycles. The van der Waals surface area contributed by atoms with Crippen molar-refractivity contribution < 1.29 is 43.0 Å². The van der Waals surface area contributed by atoms with Crippen molar-refractivity contribution in [2.45, 2.75) is 72.1 Å². The summed E-state index contributed by atoms with van der Waals surface area (Å²) in [7, 11) is -14.6. The number of carbonyl (C=O) groups excluding carboxylic acids is 1. The first-order valence-corrected chi connectivity index (χ1v) is 25.0. The number of hydrogen-bond donors (Lipinski definition) is 5. The molecule has 0 atom stereocenters. The first-order chi connectivity index (χ1) is 27.4. The fourth-order valence-corrected chi connectivity index (χ4v) is 11.8. The number of aryl methyl sites for hydroxylation is 4. The summed E-state index contributed by atoms with van der Waals surface area (Å²) in [6, 6.07) is 18.7. The number of carbonyl (C=O) groups is 1. The Morgan fingerprint density at radius 3 is 1.68 bits per heavy atom. The van der Waals surface area contributed by atoms with Crippen molar-refractivity contribution in [3.8, 4) is 18.2 Å². The number of amides is 1. The molecule has 18 nitrogen and oxygen atoms in total. The molecule has 0 unspecified atom stereocenters. The molecule has 0 aliphatic carbocycles. The monoisotopic (exact) mass is 992 g/mol. The molecule has 0 saturated carbocycles. The summed E-state index contributed by atoms with van der Waals surface area (Å²) in [4.78, 5) is 15.3. The van der Waals surface area contributed by atoms with E-state index in [0.717, 1.165) is 39.4 Å². The van der Waals surface area contributed by atoms with Gasteiger partial charge in [-0.15, -0.1) is 11.3 Å². The zero-order chi connectivity index (χ0) is 45.0. The number of rotatable bonds is 14. The van der Waals surface area contributed by atoms with E-state index in [1.54, 1.807) is 50.4 Å². The van der Waals surface area contributed by atoms with Crippen LogP contribution in [-0.2, 0) is 45.0 Å². The van der Waals surface area contributed by atoms with Crippen molar-refractivity contribution in [1.29, 1.82) is 15.8 Å². The molecule has 0 saturated heterocycles. The molecule has 0 radical (unpaired) electrons. The fraction of sp³-hybridized carbons (Fsp3) is 0.324. The van der Waals surface area contributed by atoms with E-state index >= 15 is 0 Å². The number of aromatic nitrogens is 1. The number of thiophene rings is 1. The van der Waals surface area contributed by atoms with Crippen molar-refractivity contribution in [2.75, 3.05) is 25.0 Å². The molecule has 1 amide bonds. The van der Waals surface area contributed by atoms with Gasteiger partial charge in [0.2, 0.25) is 26.0 Å². The van der Waals surface area contributed by atoms with Crippen molar-refractivity contribution in [3.05, 3.63) is 80.8 Å². The average molecular weight is 994 g/mol. The molecule has 320 valence electrons. The van der Waals surface area contributed by atoms with Gasteiger partial charge in [-0.2, -0.15) is 24.2 Å². The third-order valence-corrected chi connectivity index (χ3v) is 16.2. The molecule has 59 heavy (non-hydrogen) atoms. The highest BCUT2D eigenvalue weighted by Gasteiger charge is 2.22. The van der Waals surface area contributed by atoms with Gasteiger partial charge in [0.05, 0.1) is 33.7 Å². The average Bonchev–Trinajstić information content (AvgIpc) is 3.80. The van der Waals surface area contributed by atoms with Gasteiger partial charge in [-0.05, 0) is 78.3 Å². The minimum absolute atomic E-state index is 0.0116. The summed E-state index contributed by atoms with van der Waals surface area (Å²) >= 11 is 5.03. The predicted molar refractivity (Wildman–Crippen MR) is 226 cm³/mol. The number of halogens is 1. The molecular formula is C34H41BrN8O10S6. The highest BCUT2D eigenvalue weighted by atomic mass is 79.9. The Balaban J connectivity index is 0.000000403. The van der Waals surface area contributed by atoms with Crippen molar-refractivity contribution in [1.82, 2.24) is 19.2 Å². The maximum atomic E-state index is 12.0. The van der Waals surface area contributed by atoms with Crippen LogP contribution in [0.5, 0.6) is 0 Å². The molecular weight excluding hydrogens is 953 g/mol. The lowest BCUT2D eigenvalue weighted by molar-refractivity contribution is -0.114. The summed E-state index contributed by atoms with van der Waals surface area (Å²) in [6.07, 6.45) is 0.419. The van der Waals surface area contributed by atoms with Crippen LogP contribution in [-0.4, -0.2) is 68.7 Å². The quantitative estimate of drug-likeness (QED) is 0.0817. The maximum Gasteiger partial charge on any atom is 0.304 e. The third kappa shape index (κ3) is 18.7. The lowest BCUT2D eigenvalue weighted by Gasteiger charge is -2.12. The largest absolute Gasteiger partial charge is 0.304 e. The Morgan fingerprint density at radius 2 is 1.25 bits per heavy atom. The SMILES string of the molecule is CC(=O)Nc1nc(C)c(S(=O)(=O)NCCC#N)s1.Cc1cc(C)c(S(=O)(=O)NCCC#N)c(C)c1.N#CCCNS(=O)(=O)c1ccccc1Br.O=S(=O)(O)c1cccs1. The lowest BCUT2D eigenvalue weighted by Crippen LogP contribution is -2.26. The molecule has 0 aliphatic heterocycles. The standard InChI is InChI=1S/C12H16N2O2S.C9H9BrN2O2S.C9H12N4O3S2.C4H4O3S2/c1-9-7-10(2)12(11(3)8-9)17(15,16)14-6-4-5-13;10-8-4-1-2-5-9(8)15(13,14)12-7-3-6-11;1-6-8(17-9(12-6)13-7(2)14)18(15,16)11-5-3-4-10;5-9(6,7)4-2-1-3-8-4/h7-8,14H,4,6H2,1-3H3;1-2,4-5,12H,3,7H2;11H,3,5H2,1-2H3,(H,12,13,14);1-3H,(H,5,6,7). The number of thiazole rings is 1. The van der Waals surface area contributed by atoms with Crippen LogP contribution in [0.2, 0.25) is 0 Å². The van der Waals surface area contributed by atoms with Crippen LogP contribution in [0.3, 0.4) is 0 Å². The number of nitrogens with one attached hydrogen (secondary N) is 4. The molecule has 2 aromatic heterocycles. The normalized spacial score (nSPS) is 11.1. The van der Waals surface area contributed by atoms with Crippen LogP contribution in [0.25, 0.3) is 0 Å². The number of benzene rings is 2. The molecule has 4 aromatic rings. The fourth-order valence-electron chi connectivity index (χ4n) is 4.44. The van der Waals surface area contributed by atoms with Gasteiger partial charge in [0.25, 0.3) is 10.0 Å². The highest BCUT2D eigenvalue weighted by Crippen LogP contribution is 2.27. The van der Waals surface area contributed by atoms with Crippen LogP contribution < -0.4 is 19.5 Å². The summed E-state index contributed by atoms with van der Waals surface area (Å²) < 4.78 is 108. The Hall–Kier alpha value is -4.17. The Bertz CT molecular complexity index is 2590. The van der Waals surface area contributed by atoms with E-state index in [-0.39, 0.29) is 63.2 Å². The molecule has 0 bridgehead atoms. The summed E-state index contributed by atoms with van der Waals surface area (Å²) in [5.41, 5.74) is 2.81. The third-order valence-electron chi connectivity index (χ3n) is 6.62. The number of sulfonamides is 3. The first-order valence-electron chi connectivity index (χ1n) is 16.6. The number of nitrogens with zero attached hydrogens (tertiary/aromatic N) is 4. The van der Waals surface area contributed by atoms with E-state index in [1.807, 2.05) is 37.3 Å². The van der Waals surface area contributed by atoms with E-state index < -0.39 is 40.2 Å². The van der Waals surface area contributed by atoms with E-state index in [2.05, 4.69) is 40.4 Å². The van der Waals surface area contributed by atoms with Gasteiger partial charge >= 0.3 is 10.1 Å². The lowest BCUT2D eigenvalue weighted by atomic mass is 10.1. The minimum Gasteiger partial charge on any atom is -0.302 e. The Morgan fingerprint density at radius 1 is 0.763 bits per heavy atom. The summed E-state index contributed by atoms with van der Waals surface area (Å²) in [5, 5.41) is 29.3. The van der Waals surface area contributed by atoms with Gasteiger partial charge in [0.1, 0.15) is 4.21 Å². The second kappa shape index (κ2) is 24.8. The van der Waals surface area contributed by atoms with Gasteiger partial charge in [0, 0.05) is 50.3 Å². The van der Waals surface area contributed by atoms with Gasteiger partial charge in [-0.1, -0.05) is 47.2 Å². The Labute approximate surface area is 361 Å². The molecule has 2 aromatic carbocycles. The van der Waals surface area contributed by atoms with Gasteiger partial charge in [-0.25, -0.2) is 44.4 Å². The molecule has 4 rings (SSSR count). The molecule has 0 aliphatic rings. The number of nitriles is 3. The van der Waals surface area contributed by atoms with E-state index in [9.17, 15) is 38.5 Å². The molecule has 0 spiro atoms. The number of hydrogen-bond acceptors (Lipinski definition) is 15. The van der Waals surface area contributed by atoms with E-state index in [4.69, 9.17) is 20.3 Å². The zero-order valence-corrected chi connectivity index (χ0v) is 38.7. The summed E-state index contributed by atoms with van der Waals surface area (Å²) in [5.74, 6) is -0.315. The number of anilines is 1. The van der Waals surface area contributed by atoms with Crippen molar-refractivity contribution in [3.63, 3.8) is 0 Å². The van der Waals surface area contributed by atoms with Crippen LogP contribution >= 0.6 is 38.6 Å². The van der Waals surface area contributed by atoms with E-state index in [0.29, 0.717) is 15.1 Å². The minimum atomic E-state index is -3.94. The van der Waals surface area contributed by atoms with Crippen LogP contribution in [0.15, 0.2) is 76.6 Å². The Kier molecular flexibility index (Phi) is 22.2. The molecule has 5 N–H and O–H groups in total. The topological polar surface area (TPSA) is 306 Å². The van der Waals surface area contributed by atoms with Crippen LogP contribution in [0, 0.1) is 61.7 Å². The summed E-state index contributed by atoms with van der Waals surface area (Å²) in [6.45, 7) is 8.66. The van der Waals surface area contributed by atoms with Crippen molar-refractivity contribution >= 4 is 89.8 Å². The van der Waals surface area contributed by atoms with Crippen LogP contribution in [0.1, 0.15) is 48.6 Å². The smallest absolute Gasteiger partial charge is 0.302 e. The van der Waals surface area contributed by atoms with Crippen molar-refractivity contribution in [2.24, 2.45) is 0 Å². The predicted octanol–water partition coefficient (Wildman–Crippen LogP) is 5.04. The van der Waals surface area contributed by atoms with Crippen LogP contribution in [0.4, 0.5) is 5.13 Å². The van der Waals surface area contributed by atoms with Gasteiger partial charge in [0.15, 0.2) is 9.34 Å². The first kappa shape index (κ1) is 52.8. The van der Waals surface area contributed by atoms with Gasteiger partial charge < -0.3 is 5.32 Å². The van der Waals surface area contributed by atoms with E-state index in [1.165, 1.54) is 19.1 Å². The van der Waals surface area contributed by atoms with Gasteiger partial charge in [-0.3, -0.25) is 9.35 Å². The second-order valence-electron chi connectivity index (χ2n) is 11.6. The molecule has 0 fully saturated rings.